The van der Waals surface area contributed by atoms with E-state index in [0.29, 0.717) is 24.8 Å². The van der Waals surface area contributed by atoms with Crippen LogP contribution in [0.1, 0.15) is 26.2 Å². The van der Waals surface area contributed by atoms with E-state index in [9.17, 15) is 18.8 Å². The monoisotopic (exact) mass is 311 g/mol. The third kappa shape index (κ3) is 5.71. The lowest BCUT2D eigenvalue weighted by Crippen LogP contribution is -2.34. The van der Waals surface area contributed by atoms with Gasteiger partial charge in [0.1, 0.15) is 18.4 Å². The van der Waals surface area contributed by atoms with Crippen molar-refractivity contribution in [2.45, 2.75) is 26.2 Å². The van der Waals surface area contributed by atoms with Crippen LogP contribution in [-0.4, -0.2) is 36.6 Å². The van der Waals surface area contributed by atoms with Gasteiger partial charge in [-0.2, -0.15) is 0 Å². The van der Waals surface area contributed by atoms with E-state index in [1.165, 1.54) is 6.08 Å². The largest absolute Gasteiger partial charge is 0.326 e. The molecule has 0 atom stereocenters. The number of rotatable bonds is 7. The number of hydrogen-bond donors (Lipinski definition) is 2. The van der Waals surface area contributed by atoms with Crippen molar-refractivity contribution in [3.8, 4) is 0 Å². The molecular weight excluding hydrogens is 289 g/mol. The minimum Gasteiger partial charge on any atom is -0.326 e. The van der Waals surface area contributed by atoms with Crippen molar-refractivity contribution in [2.75, 3.05) is 13.1 Å². The van der Waals surface area contributed by atoms with Gasteiger partial charge in [-0.25, -0.2) is 10.2 Å². The zero-order valence-corrected chi connectivity index (χ0v) is 12.7. The van der Waals surface area contributed by atoms with Gasteiger partial charge >= 0.3 is 0 Å². The van der Waals surface area contributed by atoms with E-state index in [1.54, 1.807) is 6.92 Å². The number of halogens is 1. The van der Waals surface area contributed by atoms with Crippen LogP contribution < -0.4 is 11.6 Å². The summed E-state index contributed by atoms with van der Waals surface area (Å²) in [6.07, 6.45) is 4.68. The van der Waals surface area contributed by atoms with Gasteiger partial charge in [-0.1, -0.05) is 12.7 Å². The molecule has 0 fully saturated rings. The number of aldehydes is 2. The Kier molecular flexibility index (Phi) is 9.56. The number of hydrogen-bond acceptors (Lipinski definition) is 5. The van der Waals surface area contributed by atoms with Gasteiger partial charge in [-0.15, -0.1) is 0 Å². The van der Waals surface area contributed by atoms with E-state index in [4.69, 9.17) is 11.6 Å². The van der Waals surface area contributed by atoms with E-state index < -0.39 is 11.7 Å². The Morgan fingerprint density at radius 2 is 1.91 bits per heavy atom. The lowest BCUT2D eigenvalue weighted by Gasteiger charge is -2.08. The number of amides is 1. The Hall–Kier alpha value is -2.12. The molecule has 122 valence electrons. The maximum absolute atomic E-state index is 13.8. The molecule has 0 aromatic rings. The average molecular weight is 311 g/mol. The zero-order chi connectivity index (χ0) is 17.1. The molecule has 1 rings (SSSR count). The van der Waals surface area contributed by atoms with Gasteiger partial charge in [0.25, 0.3) is 5.91 Å². The number of nitrogens with zero attached hydrogens (tertiary/aromatic N) is 1. The Bertz CT molecular complexity index is 490. The van der Waals surface area contributed by atoms with E-state index in [2.05, 4.69) is 6.58 Å². The second-order valence-electron chi connectivity index (χ2n) is 4.60. The second kappa shape index (κ2) is 10.6. The van der Waals surface area contributed by atoms with Gasteiger partial charge in [-0.05, 0) is 18.9 Å². The molecule has 22 heavy (non-hydrogen) atoms. The third-order valence-electron chi connectivity index (χ3n) is 2.92. The van der Waals surface area contributed by atoms with Crippen molar-refractivity contribution in [1.82, 2.24) is 5.01 Å². The zero-order valence-electron chi connectivity index (χ0n) is 12.7. The fourth-order valence-corrected chi connectivity index (χ4v) is 1.72. The fraction of sp³-hybridized carbons (Fsp3) is 0.400. The molecule has 0 unspecified atom stereocenters. The average Bonchev–Trinajstić information content (AvgIpc) is 2.74. The Labute approximate surface area is 129 Å². The molecule has 0 bridgehead atoms. The van der Waals surface area contributed by atoms with E-state index in [-0.39, 0.29) is 24.2 Å². The van der Waals surface area contributed by atoms with Crippen LogP contribution in [0.5, 0.6) is 0 Å². The Balaban J connectivity index is 0.000000534. The highest BCUT2D eigenvalue weighted by Crippen LogP contribution is 2.26. The summed E-state index contributed by atoms with van der Waals surface area (Å²) in [4.78, 5) is 30.6. The van der Waals surface area contributed by atoms with Crippen LogP contribution in [0.4, 0.5) is 4.39 Å². The van der Waals surface area contributed by atoms with Crippen LogP contribution in [0.15, 0.2) is 35.2 Å². The molecule has 0 saturated carbocycles. The third-order valence-corrected chi connectivity index (χ3v) is 2.92. The molecule has 1 heterocycles. The summed E-state index contributed by atoms with van der Waals surface area (Å²) in [5, 5.41) is 0.974. The predicted molar refractivity (Wildman–Crippen MR) is 82.0 cm³/mol. The molecule has 0 aromatic carbocycles. The van der Waals surface area contributed by atoms with Crippen LogP contribution >= 0.6 is 0 Å². The summed E-state index contributed by atoms with van der Waals surface area (Å²) in [7, 11) is 0. The highest BCUT2D eigenvalue weighted by molar-refractivity contribution is 6.00. The van der Waals surface area contributed by atoms with Crippen LogP contribution in [0.2, 0.25) is 0 Å². The van der Waals surface area contributed by atoms with Crippen molar-refractivity contribution < 1.29 is 18.8 Å². The Morgan fingerprint density at radius 3 is 2.23 bits per heavy atom. The van der Waals surface area contributed by atoms with Gasteiger partial charge in [0, 0.05) is 25.0 Å². The molecule has 0 saturated heterocycles. The molecule has 6 nitrogen and oxygen atoms in total. The highest BCUT2D eigenvalue weighted by Gasteiger charge is 2.29. The molecule has 1 aliphatic rings. The molecular formula is C15H22FN3O3. The minimum absolute atomic E-state index is 0.00393. The van der Waals surface area contributed by atoms with Crippen LogP contribution in [0.25, 0.3) is 0 Å². The quantitative estimate of drug-likeness (QED) is 0.239. The van der Waals surface area contributed by atoms with Crippen molar-refractivity contribution in [2.24, 2.45) is 11.6 Å². The number of nitrogens with two attached hydrogens (primary N) is 2. The predicted octanol–water partition coefficient (Wildman–Crippen LogP) is 0.942. The summed E-state index contributed by atoms with van der Waals surface area (Å²) in [6, 6.07) is 0. The molecule has 0 radical (unpaired) electrons. The molecule has 0 aromatic heterocycles. The first kappa shape index (κ1) is 19.9. The number of unbranched alkanes of at least 4 members (excludes halogenated alkanes) is 2. The molecule has 4 N–H and O–H groups in total. The smallest absolute Gasteiger partial charge is 0.271 e. The molecule has 1 aliphatic heterocycles. The van der Waals surface area contributed by atoms with Crippen LogP contribution in [-0.2, 0) is 14.4 Å². The van der Waals surface area contributed by atoms with E-state index >= 15 is 0 Å². The lowest BCUT2D eigenvalue weighted by molar-refractivity contribution is -0.125. The van der Waals surface area contributed by atoms with Gasteiger partial charge in [-0.3, -0.25) is 9.80 Å². The Morgan fingerprint density at radius 1 is 1.36 bits per heavy atom. The maximum Gasteiger partial charge on any atom is 0.271 e. The minimum atomic E-state index is -0.622. The van der Waals surface area contributed by atoms with Crippen molar-refractivity contribution in [3.63, 3.8) is 0 Å². The first-order valence-corrected chi connectivity index (χ1v) is 6.79. The van der Waals surface area contributed by atoms with Gasteiger partial charge in [0.2, 0.25) is 0 Å². The summed E-state index contributed by atoms with van der Waals surface area (Å²) < 4.78 is 13.8. The lowest BCUT2D eigenvalue weighted by atomic mass is 10.1. The SMILES string of the molecule is C=C/C(CN)=C(/F)C1=C(C)CN(N)C1=O.O=CCCCC=O. The van der Waals surface area contributed by atoms with Gasteiger partial charge < -0.3 is 15.3 Å². The van der Waals surface area contributed by atoms with Crippen molar-refractivity contribution in [1.29, 1.82) is 0 Å². The number of hydrazine groups is 1. The topological polar surface area (TPSA) is 106 Å². The highest BCUT2D eigenvalue weighted by atomic mass is 19.1. The maximum atomic E-state index is 13.8. The number of carbonyl (C=O) groups excluding carboxylic acids is 3. The van der Waals surface area contributed by atoms with Crippen molar-refractivity contribution in [3.05, 3.63) is 35.2 Å². The second-order valence-corrected chi connectivity index (χ2v) is 4.60. The molecule has 1 amide bonds. The van der Waals surface area contributed by atoms with Gasteiger partial charge in [0.05, 0.1) is 12.1 Å². The van der Waals surface area contributed by atoms with Gasteiger partial charge in [0.15, 0.2) is 0 Å². The normalized spacial score (nSPS) is 15.1. The first-order chi connectivity index (χ1) is 10.4. The van der Waals surface area contributed by atoms with E-state index in [0.717, 1.165) is 17.6 Å². The standard InChI is InChI=1S/C10H14FN3O.C5H8O2/c1-3-7(4-12)9(11)8-6(2)5-14(13)10(8)15;6-4-2-1-3-5-7/h3H,1,4-5,12-13H2,2H3;4-5H,1-3H2/b9-7-;. The molecule has 7 heteroatoms. The van der Waals surface area contributed by atoms with Crippen LogP contribution in [0.3, 0.4) is 0 Å². The molecule has 0 spiro atoms. The number of carbonyl (C=O) groups is 3. The fourth-order valence-electron chi connectivity index (χ4n) is 1.72. The van der Waals surface area contributed by atoms with Crippen LogP contribution in [0, 0.1) is 0 Å². The van der Waals surface area contributed by atoms with E-state index in [1.807, 2.05) is 0 Å². The summed E-state index contributed by atoms with van der Waals surface area (Å²) in [5.41, 5.74) is 6.16. The van der Waals surface area contributed by atoms with Crippen molar-refractivity contribution >= 4 is 18.5 Å². The first-order valence-electron chi connectivity index (χ1n) is 6.79. The molecule has 0 aliphatic carbocycles. The summed E-state index contributed by atoms with van der Waals surface area (Å²) in [6.45, 7) is 5.35. The summed E-state index contributed by atoms with van der Waals surface area (Å²) in [5.74, 6) is 4.24. The summed E-state index contributed by atoms with van der Waals surface area (Å²) >= 11 is 0.